The predicted molar refractivity (Wildman–Crippen MR) is 76.2 cm³/mol. The lowest BCUT2D eigenvalue weighted by Gasteiger charge is -2.06. The minimum Gasteiger partial charge on any atom is -0.294 e. The van der Waals surface area contributed by atoms with Crippen LogP contribution in [0.4, 0.5) is 8.78 Å². The zero-order valence-electron chi connectivity index (χ0n) is 9.59. The third-order valence-electron chi connectivity index (χ3n) is 2.59. The maximum atomic E-state index is 13.6. The molecule has 0 radical (unpaired) electrons. The molecule has 0 heterocycles. The summed E-state index contributed by atoms with van der Waals surface area (Å²) in [4.78, 5) is 12.1. The number of carbonyl (C=O) groups excluding carboxylic acids is 1. The highest BCUT2D eigenvalue weighted by atomic mass is 79.9. The Kier molecular flexibility index (Phi) is 4.47. The van der Waals surface area contributed by atoms with Crippen molar-refractivity contribution in [1.29, 1.82) is 0 Å². The molecule has 0 aromatic heterocycles. The number of benzene rings is 2. The second-order valence-corrected chi connectivity index (χ2v) is 5.65. The molecule has 0 N–H and O–H groups in total. The molecule has 0 aliphatic rings. The van der Waals surface area contributed by atoms with Crippen LogP contribution in [0.25, 0.3) is 0 Å². The van der Waals surface area contributed by atoms with E-state index >= 15 is 0 Å². The lowest BCUT2D eigenvalue weighted by molar-refractivity contribution is 0.0988. The van der Waals surface area contributed by atoms with Gasteiger partial charge in [0, 0.05) is 10.9 Å². The van der Waals surface area contributed by atoms with Crippen molar-refractivity contribution in [1.82, 2.24) is 0 Å². The van der Waals surface area contributed by atoms with E-state index in [1.807, 2.05) is 0 Å². The molecule has 0 aliphatic heterocycles. The fraction of sp³-hybridized carbons (Fsp3) is 0.0714. The van der Waals surface area contributed by atoms with E-state index in [4.69, 9.17) is 0 Å². The Balaban J connectivity index is 2.28. The molecule has 0 aliphatic carbocycles. The Morgan fingerprint density at radius 2 is 1.74 bits per heavy atom. The number of Topliss-reactive ketones (excluding diaryl/α,β-unsaturated/α-hetero) is 1. The third-order valence-corrected chi connectivity index (χ3v) is 3.86. The summed E-state index contributed by atoms with van der Waals surface area (Å²) in [5.41, 5.74) is 0.636. The Morgan fingerprint density at radius 3 is 2.37 bits per heavy atom. The molecular formula is C14H8Br2F2O. The van der Waals surface area contributed by atoms with Crippen LogP contribution < -0.4 is 0 Å². The van der Waals surface area contributed by atoms with Crippen molar-refractivity contribution < 1.29 is 13.6 Å². The van der Waals surface area contributed by atoms with Gasteiger partial charge in [-0.25, -0.2) is 8.78 Å². The summed E-state index contributed by atoms with van der Waals surface area (Å²) in [7, 11) is 0. The maximum Gasteiger partial charge on any atom is 0.171 e. The summed E-state index contributed by atoms with van der Waals surface area (Å²) in [6.45, 7) is 0. The smallest absolute Gasteiger partial charge is 0.171 e. The van der Waals surface area contributed by atoms with E-state index in [0.29, 0.717) is 10.0 Å². The first-order valence-electron chi connectivity index (χ1n) is 5.40. The molecule has 0 bridgehead atoms. The molecular weight excluding hydrogens is 382 g/mol. The molecule has 98 valence electrons. The van der Waals surface area contributed by atoms with Crippen LogP contribution in [-0.2, 0) is 6.42 Å². The molecule has 0 amide bonds. The molecule has 1 nitrogen and oxygen atoms in total. The number of halogens is 4. The Bertz CT molecular complexity index is 621. The topological polar surface area (TPSA) is 17.1 Å². The van der Waals surface area contributed by atoms with Gasteiger partial charge in [-0.05, 0) is 61.7 Å². The van der Waals surface area contributed by atoms with Crippen molar-refractivity contribution in [2.24, 2.45) is 0 Å². The second kappa shape index (κ2) is 5.92. The van der Waals surface area contributed by atoms with Crippen molar-refractivity contribution >= 4 is 37.6 Å². The third kappa shape index (κ3) is 3.28. The van der Waals surface area contributed by atoms with Gasteiger partial charge in [-0.15, -0.1) is 0 Å². The van der Waals surface area contributed by atoms with E-state index in [9.17, 15) is 13.6 Å². The van der Waals surface area contributed by atoms with Crippen LogP contribution in [0.5, 0.6) is 0 Å². The van der Waals surface area contributed by atoms with Gasteiger partial charge in [-0.1, -0.05) is 12.1 Å². The standard InChI is InChI=1S/C14H8Br2F2O/c15-9-2-1-3-12(18)14(9)13(19)7-8-4-5-11(17)10(16)6-8/h1-6H,7H2. The number of rotatable bonds is 3. The lowest BCUT2D eigenvalue weighted by atomic mass is 10.0. The first kappa shape index (κ1) is 14.3. The normalized spacial score (nSPS) is 10.5. The Labute approximate surface area is 125 Å². The Morgan fingerprint density at radius 1 is 1.00 bits per heavy atom. The Hall–Kier alpha value is -1.07. The number of hydrogen-bond donors (Lipinski definition) is 0. The summed E-state index contributed by atoms with van der Waals surface area (Å²) >= 11 is 6.21. The van der Waals surface area contributed by atoms with Crippen LogP contribution in [0.15, 0.2) is 45.3 Å². The summed E-state index contributed by atoms with van der Waals surface area (Å²) < 4.78 is 27.4. The van der Waals surface area contributed by atoms with Gasteiger partial charge in [0.1, 0.15) is 11.6 Å². The zero-order chi connectivity index (χ0) is 14.0. The molecule has 5 heteroatoms. The van der Waals surface area contributed by atoms with Gasteiger partial charge in [-0.2, -0.15) is 0 Å². The van der Waals surface area contributed by atoms with E-state index < -0.39 is 11.6 Å². The van der Waals surface area contributed by atoms with Crippen LogP contribution in [0.2, 0.25) is 0 Å². The number of ketones is 1. The van der Waals surface area contributed by atoms with Crippen LogP contribution in [0.1, 0.15) is 15.9 Å². The molecule has 0 spiro atoms. The molecule has 2 aromatic carbocycles. The first-order valence-corrected chi connectivity index (χ1v) is 6.99. The van der Waals surface area contributed by atoms with Crippen LogP contribution >= 0.6 is 31.9 Å². The van der Waals surface area contributed by atoms with Gasteiger partial charge < -0.3 is 0 Å². The van der Waals surface area contributed by atoms with Crippen molar-refractivity contribution in [2.45, 2.75) is 6.42 Å². The highest BCUT2D eigenvalue weighted by Gasteiger charge is 2.16. The average molecular weight is 390 g/mol. The fourth-order valence-corrected chi connectivity index (χ4v) is 2.68. The number of carbonyl (C=O) groups is 1. The van der Waals surface area contributed by atoms with Crippen LogP contribution in [-0.4, -0.2) is 5.78 Å². The zero-order valence-corrected chi connectivity index (χ0v) is 12.8. The van der Waals surface area contributed by atoms with Gasteiger partial charge in [0.05, 0.1) is 10.0 Å². The average Bonchev–Trinajstić information content (AvgIpc) is 2.33. The van der Waals surface area contributed by atoms with E-state index in [0.717, 1.165) is 0 Å². The number of hydrogen-bond acceptors (Lipinski definition) is 1. The molecule has 0 fully saturated rings. The highest BCUT2D eigenvalue weighted by molar-refractivity contribution is 9.10. The van der Waals surface area contributed by atoms with Crippen LogP contribution in [0.3, 0.4) is 0 Å². The van der Waals surface area contributed by atoms with Crippen LogP contribution in [0, 0.1) is 11.6 Å². The van der Waals surface area contributed by atoms with E-state index in [1.165, 1.54) is 30.3 Å². The minimum absolute atomic E-state index is 0.0123. The first-order chi connectivity index (χ1) is 8.99. The van der Waals surface area contributed by atoms with E-state index in [1.54, 1.807) is 6.07 Å². The summed E-state index contributed by atoms with van der Waals surface area (Å²) in [5.74, 6) is -1.33. The summed E-state index contributed by atoms with van der Waals surface area (Å²) in [6, 6.07) is 8.65. The predicted octanol–water partition coefficient (Wildman–Crippen LogP) is 4.92. The monoisotopic (exact) mass is 388 g/mol. The van der Waals surface area contributed by atoms with Crippen molar-refractivity contribution in [3.05, 3.63) is 68.1 Å². The van der Waals surface area contributed by atoms with Gasteiger partial charge in [-0.3, -0.25) is 4.79 Å². The minimum atomic E-state index is -0.569. The SMILES string of the molecule is O=C(Cc1ccc(F)c(Br)c1)c1c(F)cccc1Br. The lowest BCUT2D eigenvalue weighted by Crippen LogP contribution is -2.07. The van der Waals surface area contributed by atoms with Gasteiger partial charge >= 0.3 is 0 Å². The van der Waals surface area contributed by atoms with Crippen molar-refractivity contribution in [3.8, 4) is 0 Å². The fourth-order valence-electron chi connectivity index (χ4n) is 1.69. The molecule has 0 atom stereocenters. The van der Waals surface area contributed by atoms with Gasteiger partial charge in [0.2, 0.25) is 0 Å². The summed E-state index contributed by atoms with van der Waals surface area (Å²) in [5, 5.41) is 0. The molecule has 0 saturated carbocycles. The van der Waals surface area contributed by atoms with Crippen molar-refractivity contribution in [2.75, 3.05) is 0 Å². The van der Waals surface area contributed by atoms with E-state index in [-0.39, 0.29) is 22.2 Å². The van der Waals surface area contributed by atoms with Gasteiger partial charge in [0.25, 0.3) is 0 Å². The highest BCUT2D eigenvalue weighted by Crippen LogP contribution is 2.23. The molecule has 19 heavy (non-hydrogen) atoms. The molecule has 0 unspecified atom stereocenters. The summed E-state index contributed by atoms with van der Waals surface area (Å²) in [6.07, 6.45) is 0.0123. The van der Waals surface area contributed by atoms with E-state index in [2.05, 4.69) is 31.9 Å². The maximum absolute atomic E-state index is 13.6. The second-order valence-electron chi connectivity index (χ2n) is 3.95. The quantitative estimate of drug-likeness (QED) is 0.681. The van der Waals surface area contributed by atoms with Gasteiger partial charge in [0.15, 0.2) is 5.78 Å². The molecule has 0 saturated heterocycles. The van der Waals surface area contributed by atoms with Crippen molar-refractivity contribution in [3.63, 3.8) is 0 Å². The molecule has 2 aromatic rings. The largest absolute Gasteiger partial charge is 0.294 e. The molecule has 2 rings (SSSR count).